The van der Waals surface area contributed by atoms with Crippen LogP contribution >= 0.6 is 11.3 Å². The fourth-order valence-corrected chi connectivity index (χ4v) is 5.86. The summed E-state index contributed by atoms with van der Waals surface area (Å²) < 4.78 is 28.0. The zero-order valence-electron chi connectivity index (χ0n) is 13.5. The molecule has 1 N–H and O–H groups in total. The summed E-state index contributed by atoms with van der Waals surface area (Å²) in [5.74, 6) is 0.0113. The Kier molecular flexibility index (Phi) is 5.71. The summed E-state index contributed by atoms with van der Waals surface area (Å²) in [6.07, 6.45) is 3.32. The summed E-state index contributed by atoms with van der Waals surface area (Å²) in [5, 5.41) is 12.0. The van der Waals surface area contributed by atoms with Crippen LogP contribution in [0.1, 0.15) is 31.2 Å². The number of sulfonamides is 1. The van der Waals surface area contributed by atoms with Crippen molar-refractivity contribution in [2.45, 2.75) is 42.5 Å². The van der Waals surface area contributed by atoms with Crippen molar-refractivity contribution >= 4 is 21.4 Å². The van der Waals surface area contributed by atoms with Gasteiger partial charge in [0.05, 0.1) is 6.10 Å². The van der Waals surface area contributed by atoms with Gasteiger partial charge in [-0.25, -0.2) is 8.42 Å². The van der Waals surface area contributed by atoms with E-state index >= 15 is 0 Å². The monoisotopic (exact) mass is 365 g/mol. The average molecular weight is 366 g/mol. The number of benzene rings is 1. The van der Waals surface area contributed by atoms with E-state index in [0.29, 0.717) is 17.3 Å². The van der Waals surface area contributed by atoms with Gasteiger partial charge in [0.25, 0.3) is 10.0 Å². The molecule has 1 aromatic carbocycles. The molecule has 0 aliphatic heterocycles. The molecule has 1 heterocycles. The maximum atomic E-state index is 13.0. The van der Waals surface area contributed by atoms with Crippen molar-refractivity contribution in [2.24, 2.45) is 5.92 Å². The van der Waals surface area contributed by atoms with Gasteiger partial charge in [0, 0.05) is 13.1 Å². The van der Waals surface area contributed by atoms with Crippen LogP contribution in [0.5, 0.6) is 0 Å². The maximum absolute atomic E-state index is 13.0. The van der Waals surface area contributed by atoms with E-state index in [9.17, 15) is 13.5 Å². The molecule has 1 aliphatic carbocycles. The third-order valence-electron chi connectivity index (χ3n) is 4.60. The molecule has 2 aromatic rings. The lowest BCUT2D eigenvalue weighted by molar-refractivity contribution is 0.0588. The first kappa shape index (κ1) is 17.6. The quantitative estimate of drug-likeness (QED) is 0.852. The van der Waals surface area contributed by atoms with Gasteiger partial charge in [-0.15, -0.1) is 11.3 Å². The van der Waals surface area contributed by atoms with Gasteiger partial charge < -0.3 is 5.11 Å². The highest BCUT2D eigenvalue weighted by Gasteiger charge is 2.32. The number of rotatable bonds is 6. The first-order chi connectivity index (χ1) is 11.6. The fourth-order valence-electron chi connectivity index (χ4n) is 3.23. The van der Waals surface area contributed by atoms with E-state index in [4.69, 9.17) is 0 Å². The molecule has 130 valence electrons. The highest BCUT2D eigenvalue weighted by Crippen LogP contribution is 2.29. The number of thiophene rings is 1. The number of aliphatic hydroxyl groups excluding tert-OH is 1. The minimum atomic E-state index is -3.54. The predicted octanol–water partition coefficient (Wildman–Crippen LogP) is 3.49. The van der Waals surface area contributed by atoms with E-state index < -0.39 is 16.1 Å². The van der Waals surface area contributed by atoms with Crippen molar-refractivity contribution in [3.05, 3.63) is 53.4 Å². The summed E-state index contributed by atoms with van der Waals surface area (Å²) in [6.45, 7) is 0.709. The van der Waals surface area contributed by atoms with Crippen molar-refractivity contribution in [3.63, 3.8) is 0 Å². The van der Waals surface area contributed by atoms with Gasteiger partial charge in [-0.1, -0.05) is 49.2 Å². The number of hydrogen-bond donors (Lipinski definition) is 1. The summed E-state index contributed by atoms with van der Waals surface area (Å²) in [5.41, 5.74) is 0.961. The van der Waals surface area contributed by atoms with E-state index in [2.05, 4.69) is 0 Å². The zero-order chi connectivity index (χ0) is 17.0. The standard InChI is InChI=1S/C18H23NO3S2/c20-17-10-5-4-9-16(17)14-19(13-15-7-2-1-3-8-15)24(21,22)18-11-6-12-23-18/h1-3,6-8,11-12,16-17,20H,4-5,9-10,13-14H2. The molecule has 0 bridgehead atoms. The third kappa shape index (κ3) is 4.06. The van der Waals surface area contributed by atoms with Crippen molar-refractivity contribution in [3.8, 4) is 0 Å². The van der Waals surface area contributed by atoms with E-state index in [1.165, 1.54) is 15.6 Å². The second-order valence-corrected chi connectivity index (χ2v) is 9.44. The second-order valence-electron chi connectivity index (χ2n) is 6.33. The normalized spacial score (nSPS) is 21.9. The van der Waals surface area contributed by atoms with Crippen molar-refractivity contribution in [1.29, 1.82) is 0 Å². The smallest absolute Gasteiger partial charge is 0.252 e. The fraction of sp³-hybridized carbons (Fsp3) is 0.444. The Morgan fingerprint density at radius 2 is 1.83 bits per heavy atom. The van der Waals surface area contributed by atoms with Gasteiger partial charge in [-0.3, -0.25) is 0 Å². The van der Waals surface area contributed by atoms with Crippen LogP contribution < -0.4 is 0 Å². The van der Waals surface area contributed by atoms with Gasteiger partial charge in [0.15, 0.2) is 0 Å². The molecular formula is C18H23NO3S2. The Hall–Kier alpha value is -1.21. The minimum absolute atomic E-state index is 0.0113. The average Bonchev–Trinajstić information content (AvgIpc) is 3.12. The predicted molar refractivity (Wildman–Crippen MR) is 96.3 cm³/mol. The number of aliphatic hydroxyl groups is 1. The first-order valence-electron chi connectivity index (χ1n) is 8.33. The molecular weight excluding hydrogens is 342 g/mol. The van der Waals surface area contributed by atoms with Gasteiger partial charge in [-0.05, 0) is 35.8 Å². The topological polar surface area (TPSA) is 57.6 Å². The lowest BCUT2D eigenvalue weighted by atomic mass is 9.86. The number of nitrogens with zero attached hydrogens (tertiary/aromatic N) is 1. The summed E-state index contributed by atoms with van der Waals surface area (Å²) >= 11 is 1.24. The van der Waals surface area contributed by atoms with Crippen molar-refractivity contribution < 1.29 is 13.5 Å². The van der Waals surface area contributed by atoms with Crippen LogP contribution in [0.2, 0.25) is 0 Å². The molecule has 1 saturated carbocycles. The molecule has 0 spiro atoms. The van der Waals surface area contributed by atoms with Crippen LogP contribution in [0.25, 0.3) is 0 Å². The first-order valence-corrected chi connectivity index (χ1v) is 10.6. The molecule has 24 heavy (non-hydrogen) atoms. The van der Waals surface area contributed by atoms with Gasteiger partial charge >= 0.3 is 0 Å². The van der Waals surface area contributed by atoms with E-state index in [-0.39, 0.29) is 5.92 Å². The summed E-state index contributed by atoms with van der Waals surface area (Å²) in [6, 6.07) is 13.0. The zero-order valence-corrected chi connectivity index (χ0v) is 15.2. The van der Waals surface area contributed by atoms with Crippen LogP contribution in [0, 0.1) is 5.92 Å². The Labute approximate surface area is 147 Å². The lowest BCUT2D eigenvalue weighted by Gasteiger charge is -2.32. The van der Waals surface area contributed by atoms with Gasteiger partial charge in [-0.2, -0.15) is 4.31 Å². The molecule has 0 radical (unpaired) electrons. The van der Waals surface area contributed by atoms with Crippen molar-refractivity contribution in [2.75, 3.05) is 6.54 Å². The van der Waals surface area contributed by atoms with Crippen molar-refractivity contribution in [1.82, 2.24) is 4.31 Å². The third-order valence-corrected chi connectivity index (χ3v) is 7.78. The molecule has 2 atom stereocenters. The SMILES string of the molecule is O=S(=O)(c1cccs1)N(Cc1ccccc1)CC1CCCCC1O. The van der Waals surface area contributed by atoms with E-state index in [0.717, 1.165) is 31.2 Å². The molecule has 0 amide bonds. The van der Waals surface area contributed by atoms with Gasteiger partial charge in [0.2, 0.25) is 0 Å². The Morgan fingerprint density at radius 3 is 2.50 bits per heavy atom. The number of hydrogen-bond acceptors (Lipinski definition) is 4. The van der Waals surface area contributed by atoms with E-state index in [1.807, 2.05) is 30.3 Å². The van der Waals surface area contributed by atoms with Crippen LogP contribution in [-0.2, 0) is 16.6 Å². The molecule has 1 fully saturated rings. The molecule has 3 rings (SSSR count). The summed E-state index contributed by atoms with van der Waals surface area (Å²) in [7, 11) is -3.54. The van der Waals surface area contributed by atoms with Crippen LogP contribution in [0.3, 0.4) is 0 Å². The molecule has 4 nitrogen and oxygen atoms in total. The molecule has 1 aliphatic rings. The molecule has 2 unspecified atom stereocenters. The van der Waals surface area contributed by atoms with Crippen LogP contribution in [0.15, 0.2) is 52.1 Å². The minimum Gasteiger partial charge on any atom is -0.393 e. The Balaban J connectivity index is 1.86. The largest absolute Gasteiger partial charge is 0.393 e. The molecule has 6 heteroatoms. The second kappa shape index (κ2) is 7.78. The summed E-state index contributed by atoms with van der Waals surface area (Å²) in [4.78, 5) is 0. The van der Waals surface area contributed by atoms with Gasteiger partial charge in [0.1, 0.15) is 4.21 Å². The lowest BCUT2D eigenvalue weighted by Crippen LogP contribution is -2.39. The van der Waals surface area contributed by atoms with Crippen LogP contribution in [0.4, 0.5) is 0 Å². The molecule has 1 aromatic heterocycles. The highest BCUT2D eigenvalue weighted by atomic mass is 32.2. The highest BCUT2D eigenvalue weighted by molar-refractivity contribution is 7.91. The maximum Gasteiger partial charge on any atom is 0.252 e. The van der Waals surface area contributed by atoms with E-state index in [1.54, 1.807) is 17.5 Å². The Bertz CT molecular complexity index is 729. The Morgan fingerprint density at radius 1 is 1.08 bits per heavy atom. The van der Waals surface area contributed by atoms with Crippen LogP contribution in [-0.4, -0.2) is 30.5 Å². The molecule has 0 saturated heterocycles.